The predicted octanol–water partition coefficient (Wildman–Crippen LogP) is 23.2. The van der Waals surface area contributed by atoms with Crippen molar-refractivity contribution in [2.24, 2.45) is 0 Å². The third-order valence-corrected chi connectivity index (χ3v) is 22.4. The van der Waals surface area contributed by atoms with Crippen LogP contribution in [0.3, 0.4) is 0 Å². The number of carbonyl (C=O) groups excluding carboxylic acids is 4. The minimum atomic E-state index is -0.768. The number of rotatable bonds is 48. The van der Waals surface area contributed by atoms with Gasteiger partial charge in [-0.3, -0.25) is 53.4 Å². The number of benzene rings is 9. The van der Waals surface area contributed by atoms with Gasteiger partial charge >= 0.3 is 23.9 Å². The average molecular weight is 1830 g/mol. The SMILES string of the molecule is CC(C)N(Cc1ccccc1OCCCCCC(=O)O)C(=O)c1ccc(-c2ccccc2)cc1.CC(C)N(Cc1ccccc1OCCCCCC(=O)O)C(=O)c1ccc(-c2cccnc2)cc1.CC(C)N(Cc1ccccc1OCCCCCC(=O)O)C(=O)c1ccc(-c2ccncc2)cc1.CC(C)N(Cc1ccccc1OCCCCCC(=O)O)C(=O)c1ccc(-c2cn[nH]c2)cc1. The Kier molecular flexibility index (Phi) is 43.5. The Morgan fingerprint density at radius 1 is 0.267 bits per heavy atom. The molecule has 4 amide bonds. The molecule has 0 aliphatic heterocycles. The maximum atomic E-state index is 13.4. The zero-order valence-corrected chi connectivity index (χ0v) is 78.7. The molecule has 135 heavy (non-hydrogen) atoms. The highest BCUT2D eigenvalue weighted by molar-refractivity contribution is 5.97. The molecule has 0 unspecified atom stereocenters. The van der Waals surface area contributed by atoms with E-state index in [1.165, 1.54) is 0 Å². The normalized spacial score (nSPS) is 10.8. The number of carboxylic acids is 4. The fraction of sp³-hybridized carbons (Fsp3) is 0.324. The zero-order valence-electron chi connectivity index (χ0n) is 78.7. The van der Waals surface area contributed by atoms with Crippen LogP contribution in [0.5, 0.6) is 23.0 Å². The van der Waals surface area contributed by atoms with Gasteiger partial charge in [-0.1, -0.05) is 158 Å². The number of amides is 4. The lowest BCUT2D eigenvalue weighted by molar-refractivity contribution is -0.138. The number of para-hydroxylation sites is 4. The van der Waals surface area contributed by atoms with E-state index >= 15 is 0 Å². The number of aromatic nitrogens is 4. The van der Waals surface area contributed by atoms with Crippen LogP contribution in [0, 0.1) is 0 Å². The first-order valence-corrected chi connectivity index (χ1v) is 46.5. The molecule has 3 aromatic heterocycles. The molecule has 12 aromatic rings. The first-order valence-electron chi connectivity index (χ1n) is 46.5. The van der Waals surface area contributed by atoms with Gasteiger partial charge in [-0.15, -0.1) is 0 Å². The highest BCUT2D eigenvalue weighted by Crippen LogP contribution is 2.32. The second-order valence-corrected chi connectivity index (χ2v) is 33.9. The number of pyridine rings is 2. The van der Waals surface area contributed by atoms with Gasteiger partial charge in [-0.25, -0.2) is 0 Å². The summed E-state index contributed by atoms with van der Waals surface area (Å²) in [4.78, 5) is 111. The molecule has 0 aliphatic rings. The van der Waals surface area contributed by atoms with Crippen LogP contribution in [0.4, 0.5) is 0 Å². The zero-order chi connectivity index (χ0) is 96.6. The van der Waals surface area contributed by atoms with Gasteiger partial charge in [0.1, 0.15) is 23.0 Å². The van der Waals surface area contributed by atoms with E-state index in [1.54, 1.807) is 31.0 Å². The molecule has 3 heterocycles. The van der Waals surface area contributed by atoms with E-state index in [2.05, 4.69) is 32.3 Å². The Balaban J connectivity index is 0.000000202. The van der Waals surface area contributed by atoms with Crippen molar-refractivity contribution in [1.82, 2.24) is 39.8 Å². The van der Waals surface area contributed by atoms with Crippen molar-refractivity contribution in [3.05, 3.63) is 330 Å². The Morgan fingerprint density at radius 3 is 0.793 bits per heavy atom. The standard InChI is InChI=1S/C29H33NO4.2C28H32N2O4.C26H31N3O4/c1-22(2)30(29(33)25-18-16-24(17-19-25)23-11-5-3-6-12-23)21-26-13-8-9-14-27(26)34-20-10-4-7-15-28(31)32;1-21(2)30(28(33)23-15-13-22(14-16-23)24-10-8-17-29-19-24)20-25-9-5-6-11-26(25)34-18-7-3-4-12-27(31)32;1-21(2)30(28(33)24-13-11-22(12-14-24)23-15-17-29-18-16-23)20-25-8-5-6-9-26(25)34-19-7-3-4-10-27(31)32;1-19(2)29(26(32)21-13-11-20(12-14-21)23-16-27-28-17-23)18-22-8-5-6-9-24(22)33-15-7-3-4-10-25(30)31/h3,5-6,8-9,11-14,16-19,22H,4,7,10,15,20-21H2,1-2H3,(H,31,32);5-6,8-11,13-17,19,21H,3-4,7,12,18,20H2,1-2H3,(H,31,32);5-6,8-9,11-18,21H,3-4,7,10,19-20H2,1-2H3,(H,31,32);5-6,8-9,11-14,16-17,19H,3-4,7,10,15,18H2,1-2H3,(H,27,28)(H,30,31). The molecular weight excluding hydrogens is 1700 g/mol. The summed E-state index contributed by atoms with van der Waals surface area (Å²) in [6, 6.07) is 79.6. The van der Waals surface area contributed by atoms with E-state index in [-0.39, 0.29) is 73.5 Å². The quantitative estimate of drug-likeness (QED) is 0.0221. The smallest absolute Gasteiger partial charge is 0.303 e. The molecule has 0 atom stereocenters. The van der Waals surface area contributed by atoms with Crippen LogP contribution in [0.1, 0.15) is 222 Å². The van der Waals surface area contributed by atoms with E-state index in [0.717, 1.165) is 141 Å². The van der Waals surface area contributed by atoms with Gasteiger partial charge in [0.2, 0.25) is 0 Å². The van der Waals surface area contributed by atoms with Gasteiger partial charge in [0.05, 0.1) is 32.6 Å². The van der Waals surface area contributed by atoms with Crippen molar-refractivity contribution >= 4 is 47.5 Å². The minimum Gasteiger partial charge on any atom is -0.493 e. The summed E-state index contributed by atoms with van der Waals surface area (Å²) in [5.74, 6) is -0.147. The number of nitrogens with one attached hydrogen (secondary N) is 1. The second kappa shape index (κ2) is 56.4. The van der Waals surface area contributed by atoms with Crippen LogP contribution in [0.15, 0.2) is 286 Å². The number of hydrogen-bond acceptors (Lipinski definition) is 15. The van der Waals surface area contributed by atoms with Crippen LogP contribution in [-0.2, 0) is 45.4 Å². The molecule has 0 fully saturated rings. The van der Waals surface area contributed by atoms with Gasteiger partial charge in [0.15, 0.2) is 0 Å². The lowest BCUT2D eigenvalue weighted by atomic mass is 10.0. The van der Waals surface area contributed by atoms with Crippen molar-refractivity contribution in [3.8, 4) is 67.5 Å². The van der Waals surface area contributed by atoms with Crippen molar-refractivity contribution in [3.63, 3.8) is 0 Å². The molecule has 24 heteroatoms. The average Bonchev–Trinajstić information content (AvgIpc) is 1.04. The summed E-state index contributed by atoms with van der Waals surface area (Å²) < 4.78 is 23.9. The fourth-order valence-corrected chi connectivity index (χ4v) is 14.7. The molecule has 9 aromatic carbocycles. The van der Waals surface area contributed by atoms with Gasteiger partial charge in [0.25, 0.3) is 23.6 Å². The molecule has 0 spiro atoms. The van der Waals surface area contributed by atoms with Gasteiger partial charge in [0, 0.05) is 157 Å². The number of aliphatic carboxylic acids is 4. The minimum absolute atomic E-state index is 0.00887. The third kappa shape index (κ3) is 35.2. The molecule has 12 rings (SSSR count). The predicted molar refractivity (Wildman–Crippen MR) is 527 cm³/mol. The van der Waals surface area contributed by atoms with Crippen molar-refractivity contribution < 1.29 is 77.7 Å². The summed E-state index contributed by atoms with van der Waals surface area (Å²) in [5.41, 5.74) is 14.7. The number of nitrogens with zero attached hydrogens (tertiary/aromatic N) is 7. The lowest BCUT2D eigenvalue weighted by Crippen LogP contribution is -2.36. The molecule has 0 saturated carbocycles. The largest absolute Gasteiger partial charge is 0.493 e. The monoisotopic (exact) mass is 1830 g/mol. The van der Waals surface area contributed by atoms with Crippen LogP contribution in [0.25, 0.3) is 44.5 Å². The van der Waals surface area contributed by atoms with Crippen LogP contribution < -0.4 is 18.9 Å². The fourth-order valence-electron chi connectivity index (χ4n) is 14.7. The third-order valence-electron chi connectivity index (χ3n) is 22.4. The van der Waals surface area contributed by atoms with Crippen LogP contribution >= 0.6 is 0 Å². The highest BCUT2D eigenvalue weighted by Gasteiger charge is 2.27. The Morgan fingerprint density at radius 2 is 0.526 bits per heavy atom. The summed E-state index contributed by atoms with van der Waals surface area (Å²) in [6.45, 7) is 19.9. The van der Waals surface area contributed by atoms with Crippen molar-refractivity contribution in [1.29, 1.82) is 0 Å². The second-order valence-electron chi connectivity index (χ2n) is 33.9. The molecule has 0 aliphatic carbocycles. The lowest BCUT2D eigenvalue weighted by Gasteiger charge is -2.28. The number of ether oxygens (including phenoxy) is 4. The molecule has 0 radical (unpaired) electrons. The molecule has 0 bridgehead atoms. The topological polar surface area (TPSA) is 322 Å². The van der Waals surface area contributed by atoms with E-state index in [4.69, 9.17) is 39.4 Å². The first kappa shape index (κ1) is 104. The molecule has 24 nitrogen and oxygen atoms in total. The Labute approximate surface area is 793 Å². The van der Waals surface area contributed by atoms with E-state index in [1.807, 2.05) is 318 Å². The molecule has 5 N–H and O–H groups in total. The van der Waals surface area contributed by atoms with Crippen molar-refractivity contribution in [2.45, 2.75) is 208 Å². The van der Waals surface area contributed by atoms with E-state index < -0.39 is 23.9 Å². The summed E-state index contributed by atoms with van der Waals surface area (Å²) in [7, 11) is 0. The van der Waals surface area contributed by atoms with E-state index in [0.29, 0.717) is 101 Å². The number of carboxylic acid groups (broad SMARTS) is 4. The molecular formula is C111H128N8O16. The number of carbonyl (C=O) groups is 8. The number of H-pyrrole nitrogens is 1. The Bertz CT molecular complexity index is 5190. The van der Waals surface area contributed by atoms with Gasteiger partial charge < -0.3 is 59.0 Å². The van der Waals surface area contributed by atoms with Crippen molar-refractivity contribution in [2.75, 3.05) is 26.4 Å². The summed E-state index contributed by atoms with van der Waals surface area (Å²) in [5, 5.41) is 41.7. The molecule has 708 valence electrons. The van der Waals surface area contributed by atoms with Gasteiger partial charge in [-0.05, 0) is 262 Å². The summed E-state index contributed by atoms with van der Waals surface area (Å²) in [6.07, 6.45) is 20.4. The van der Waals surface area contributed by atoms with Gasteiger partial charge in [-0.2, -0.15) is 5.10 Å². The highest BCUT2D eigenvalue weighted by atomic mass is 16.5. The first-order chi connectivity index (χ1) is 65.3. The number of aromatic amines is 1. The maximum absolute atomic E-state index is 13.4. The number of hydrogen-bond donors (Lipinski definition) is 5. The van der Waals surface area contributed by atoms with E-state index in [9.17, 15) is 38.4 Å². The molecule has 0 saturated heterocycles. The maximum Gasteiger partial charge on any atom is 0.303 e. The van der Waals surface area contributed by atoms with Crippen LogP contribution in [-0.4, -0.2) is 158 Å². The summed E-state index contributed by atoms with van der Waals surface area (Å²) >= 11 is 0. The Hall–Kier alpha value is -14.6. The van der Waals surface area contributed by atoms with Crippen LogP contribution in [0.2, 0.25) is 0 Å². The number of unbranched alkanes of at least 4 members (excludes halogenated alkanes) is 8.